The van der Waals surface area contributed by atoms with Crippen LogP contribution in [0.15, 0.2) is 24.3 Å². The molecule has 4 nitrogen and oxygen atoms in total. The molecule has 0 bridgehead atoms. The van der Waals surface area contributed by atoms with E-state index in [1.54, 1.807) is 19.2 Å². The van der Waals surface area contributed by atoms with Gasteiger partial charge in [-0.3, -0.25) is 4.79 Å². The quantitative estimate of drug-likeness (QED) is 0.855. The molecule has 1 heterocycles. The lowest BCUT2D eigenvalue weighted by atomic mass is 10.2. The minimum Gasteiger partial charge on any atom is -0.497 e. The first-order valence-electron chi connectivity index (χ1n) is 5.45. The molecule has 2 rings (SSSR count). The van der Waals surface area contributed by atoms with E-state index in [9.17, 15) is 4.79 Å². The van der Waals surface area contributed by atoms with Crippen molar-refractivity contribution in [3.8, 4) is 5.75 Å². The Hall–Kier alpha value is -1.26. The fourth-order valence-corrected chi connectivity index (χ4v) is 1.81. The highest BCUT2D eigenvalue weighted by Crippen LogP contribution is 2.12. The molecule has 1 fully saturated rings. The van der Waals surface area contributed by atoms with Crippen molar-refractivity contribution in [2.75, 3.05) is 20.2 Å². The molecule has 17 heavy (non-hydrogen) atoms. The van der Waals surface area contributed by atoms with E-state index in [1.165, 1.54) is 0 Å². The van der Waals surface area contributed by atoms with Gasteiger partial charge in [-0.2, -0.15) is 0 Å². The monoisotopic (exact) mass is 256 g/mol. The number of hydrogen-bond acceptors (Lipinski definition) is 3. The van der Waals surface area contributed by atoms with Gasteiger partial charge in [0.1, 0.15) is 5.75 Å². The van der Waals surface area contributed by atoms with Crippen LogP contribution in [0.4, 0.5) is 0 Å². The van der Waals surface area contributed by atoms with E-state index in [0.717, 1.165) is 19.5 Å². The third kappa shape index (κ3) is 3.61. The molecule has 0 spiro atoms. The third-order valence-corrected chi connectivity index (χ3v) is 2.73. The Morgan fingerprint density at radius 1 is 1.53 bits per heavy atom. The molecule has 0 saturated carbocycles. The molecule has 1 saturated heterocycles. The van der Waals surface area contributed by atoms with Gasteiger partial charge in [0.15, 0.2) is 0 Å². The molecule has 1 aromatic rings. The number of benzene rings is 1. The Balaban J connectivity index is 0.00000144. The zero-order chi connectivity index (χ0) is 11.4. The molecule has 2 N–H and O–H groups in total. The van der Waals surface area contributed by atoms with Gasteiger partial charge in [-0.05, 0) is 31.2 Å². The van der Waals surface area contributed by atoms with E-state index < -0.39 is 0 Å². The first kappa shape index (κ1) is 13.8. The summed E-state index contributed by atoms with van der Waals surface area (Å²) in [6.45, 7) is 1.83. The molecule has 0 radical (unpaired) electrons. The van der Waals surface area contributed by atoms with Crippen LogP contribution in [0.5, 0.6) is 5.75 Å². The maximum atomic E-state index is 11.9. The number of nitrogens with one attached hydrogen (secondary N) is 2. The molecule has 1 aromatic carbocycles. The average molecular weight is 257 g/mol. The topological polar surface area (TPSA) is 50.4 Å². The van der Waals surface area contributed by atoms with Gasteiger partial charge in [0.2, 0.25) is 0 Å². The van der Waals surface area contributed by atoms with E-state index in [1.807, 2.05) is 12.1 Å². The number of halogens is 1. The zero-order valence-electron chi connectivity index (χ0n) is 9.73. The van der Waals surface area contributed by atoms with Gasteiger partial charge in [0.25, 0.3) is 5.91 Å². The van der Waals surface area contributed by atoms with E-state index in [2.05, 4.69) is 10.6 Å². The molecule has 1 aliphatic heterocycles. The predicted octanol–water partition coefficient (Wildman–Crippen LogP) is 1.21. The van der Waals surface area contributed by atoms with Crippen molar-refractivity contribution in [2.24, 2.45) is 0 Å². The summed E-state index contributed by atoms with van der Waals surface area (Å²) in [5.74, 6) is 0.671. The normalized spacial score (nSPS) is 18.3. The van der Waals surface area contributed by atoms with Crippen LogP contribution in [0, 0.1) is 0 Å². The van der Waals surface area contributed by atoms with E-state index in [4.69, 9.17) is 4.74 Å². The summed E-state index contributed by atoms with van der Waals surface area (Å²) in [4.78, 5) is 11.9. The van der Waals surface area contributed by atoms with E-state index in [-0.39, 0.29) is 24.4 Å². The molecule has 0 aromatic heterocycles. The summed E-state index contributed by atoms with van der Waals surface area (Å²) >= 11 is 0. The van der Waals surface area contributed by atoms with Gasteiger partial charge in [-0.25, -0.2) is 0 Å². The summed E-state index contributed by atoms with van der Waals surface area (Å²) in [6.07, 6.45) is 0.996. The number of carbonyl (C=O) groups excluding carboxylic acids is 1. The van der Waals surface area contributed by atoms with Gasteiger partial charge < -0.3 is 15.4 Å². The van der Waals surface area contributed by atoms with Crippen molar-refractivity contribution >= 4 is 18.3 Å². The van der Waals surface area contributed by atoms with Gasteiger partial charge in [0, 0.05) is 18.2 Å². The van der Waals surface area contributed by atoms with Crippen LogP contribution in [-0.2, 0) is 0 Å². The van der Waals surface area contributed by atoms with Gasteiger partial charge in [0.05, 0.1) is 7.11 Å². The number of hydrogen-bond donors (Lipinski definition) is 2. The van der Waals surface area contributed by atoms with Crippen molar-refractivity contribution in [3.05, 3.63) is 29.8 Å². The number of rotatable bonds is 3. The Kier molecular flexibility index (Phi) is 5.25. The van der Waals surface area contributed by atoms with Crippen LogP contribution in [-0.4, -0.2) is 32.1 Å². The van der Waals surface area contributed by atoms with Crippen molar-refractivity contribution in [3.63, 3.8) is 0 Å². The summed E-state index contributed by atoms with van der Waals surface area (Å²) in [5.41, 5.74) is 0.645. The van der Waals surface area contributed by atoms with Crippen LogP contribution in [0.25, 0.3) is 0 Å². The van der Waals surface area contributed by atoms with Gasteiger partial charge in [-0.15, -0.1) is 12.4 Å². The SMILES string of the molecule is COc1cccc(C(=O)NC2CCNC2)c1.Cl. The lowest BCUT2D eigenvalue weighted by molar-refractivity contribution is 0.0939. The second kappa shape index (κ2) is 6.47. The summed E-state index contributed by atoms with van der Waals surface area (Å²) < 4.78 is 5.08. The fourth-order valence-electron chi connectivity index (χ4n) is 1.81. The van der Waals surface area contributed by atoms with Crippen molar-refractivity contribution in [1.82, 2.24) is 10.6 Å². The standard InChI is InChI=1S/C12H16N2O2.ClH/c1-16-11-4-2-3-9(7-11)12(15)14-10-5-6-13-8-10;/h2-4,7,10,13H,5-6,8H2,1H3,(H,14,15);1H. The Bertz CT molecular complexity index is 379. The Morgan fingerprint density at radius 3 is 3.00 bits per heavy atom. The molecule has 1 atom stereocenters. The summed E-state index contributed by atoms with van der Waals surface area (Å²) in [6, 6.07) is 7.44. The second-order valence-electron chi connectivity index (χ2n) is 3.90. The summed E-state index contributed by atoms with van der Waals surface area (Å²) in [5, 5.41) is 6.20. The molecule has 94 valence electrons. The zero-order valence-corrected chi connectivity index (χ0v) is 10.5. The smallest absolute Gasteiger partial charge is 0.251 e. The Labute approximate surface area is 107 Å². The average Bonchev–Trinajstić information content (AvgIpc) is 2.82. The highest BCUT2D eigenvalue weighted by molar-refractivity contribution is 5.94. The maximum absolute atomic E-state index is 11.9. The van der Waals surface area contributed by atoms with Crippen LogP contribution in [0.1, 0.15) is 16.8 Å². The molecule has 0 aliphatic carbocycles. The number of methoxy groups -OCH3 is 1. The highest BCUT2D eigenvalue weighted by atomic mass is 35.5. The Morgan fingerprint density at radius 2 is 2.35 bits per heavy atom. The minimum absolute atomic E-state index is 0. The molecule has 5 heteroatoms. The molecular formula is C12H17ClN2O2. The number of ether oxygens (including phenoxy) is 1. The minimum atomic E-state index is -0.0346. The largest absolute Gasteiger partial charge is 0.497 e. The van der Waals surface area contributed by atoms with Gasteiger partial charge >= 0.3 is 0 Å². The van der Waals surface area contributed by atoms with Gasteiger partial charge in [-0.1, -0.05) is 6.07 Å². The van der Waals surface area contributed by atoms with Crippen LogP contribution in [0.2, 0.25) is 0 Å². The predicted molar refractivity (Wildman–Crippen MR) is 69.0 cm³/mol. The van der Waals surface area contributed by atoms with E-state index >= 15 is 0 Å². The molecule has 1 amide bonds. The fraction of sp³-hybridized carbons (Fsp3) is 0.417. The molecule has 1 aliphatic rings. The third-order valence-electron chi connectivity index (χ3n) is 2.73. The molecule has 1 unspecified atom stereocenters. The van der Waals surface area contributed by atoms with Crippen molar-refractivity contribution in [2.45, 2.75) is 12.5 Å². The highest BCUT2D eigenvalue weighted by Gasteiger charge is 2.17. The van der Waals surface area contributed by atoms with Crippen LogP contribution in [0.3, 0.4) is 0 Å². The summed E-state index contributed by atoms with van der Waals surface area (Å²) in [7, 11) is 1.60. The number of carbonyl (C=O) groups is 1. The van der Waals surface area contributed by atoms with Crippen molar-refractivity contribution in [1.29, 1.82) is 0 Å². The number of amides is 1. The van der Waals surface area contributed by atoms with Crippen LogP contribution >= 0.6 is 12.4 Å². The first-order valence-corrected chi connectivity index (χ1v) is 5.45. The second-order valence-corrected chi connectivity index (χ2v) is 3.90. The molecular weight excluding hydrogens is 240 g/mol. The maximum Gasteiger partial charge on any atom is 0.251 e. The first-order chi connectivity index (χ1) is 7.79. The van der Waals surface area contributed by atoms with E-state index in [0.29, 0.717) is 11.3 Å². The lowest BCUT2D eigenvalue weighted by Crippen LogP contribution is -2.36. The lowest BCUT2D eigenvalue weighted by Gasteiger charge is -2.11. The van der Waals surface area contributed by atoms with Crippen LogP contribution < -0.4 is 15.4 Å². The van der Waals surface area contributed by atoms with Crippen molar-refractivity contribution < 1.29 is 9.53 Å².